The number of hydrogen-bond acceptors (Lipinski definition) is 4. The number of H-pyrrole nitrogens is 1. The van der Waals surface area contributed by atoms with E-state index in [0.717, 1.165) is 18.9 Å². The number of aromatic amines is 1. The van der Waals surface area contributed by atoms with Gasteiger partial charge in [-0.05, 0) is 6.07 Å². The quantitative estimate of drug-likeness (QED) is 0.605. The van der Waals surface area contributed by atoms with Crippen molar-refractivity contribution in [3.63, 3.8) is 0 Å². The third-order valence-electron chi connectivity index (χ3n) is 2.52. The number of hydrogen-bond donors (Lipinski definition) is 3. The van der Waals surface area contributed by atoms with Gasteiger partial charge in [-0.15, -0.1) is 0 Å². The second-order valence-corrected chi connectivity index (χ2v) is 3.42. The van der Waals surface area contributed by atoms with Gasteiger partial charge in [-0.1, -0.05) is 0 Å². The molecule has 3 rings (SSSR count). The molecule has 3 heterocycles. The number of aliphatic imine (C=N–C) groups is 1. The van der Waals surface area contributed by atoms with Crippen molar-refractivity contribution < 1.29 is 4.74 Å². The highest BCUT2D eigenvalue weighted by molar-refractivity contribution is 5.76. The Morgan fingerprint density at radius 3 is 3.43 bits per heavy atom. The Labute approximate surface area is 81.6 Å². The van der Waals surface area contributed by atoms with Gasteiger partial charge in [0.2, 0.25) is 0 Å². The highest BCUT2D eigenvalue weighted by Gasteiger charge is 2.24. The van der Waals surface area contributed by atoms with Crippen LogP contribution in [0, 0.1) is 0 Å². The molecular weight excluding hydrogens is 180 g/mol. The van der Waals surface area contributed by atoms with Crippen LogP contribution in [0.3, 0.4) is 0 Å². The molecule has 0 bridgehead atoms. The molecule has 0 radical (unpaired) electrons. The van der Waals surface area contributed by atoms with Crippen molar-refractivity contribution in [3.05, 3.63) is 17.8 Å². The summed E-state index contributed by atoms with van der Waals surface area (Å²) in [5.41, 5.74) is 1.25. The molecule has 1 unspecified atom stereocenters. The zero-order chi connectivity index (χ0) is 9.38. The number of nitrogens with one attached hydrogen (secondary N) is 3. The van der Waals surface area contributed by atoms with Gasteiger partial charge in [0, 0.05) is 18.3 Å². The van der Waals surface area contributed by atoms with Crippen LogP contribution < -0.4 is 10.6 Å². The minimum absolute atomic E-state index is 0.271. The number of amidine groups is 1. The Hall–Kier alpha value is -1.65. The van der Waals surface area contributed by atoms with Crippen LogP contribution in [-0.4, -0.2) is 30.7 Å². The summed E-state index contributed by atoms with van der Waals surface area (Å²) in [6.07, 6.45) is 1.93. The summed E-state index contributed by atoms with van der Waals surface area (Å²) >= 11 is 0. The van der Waals surface area contributed by atoms with E-state index in [0.29, 0.717) is 12.6 Å². The zero-order valence-corrected chi connectivity index (χ0v) is 7.71. The molecule has 1 aromatic rings. The molecule has 14 heavy (non-hydrogen) atoms. The van der Waals surface area contributed by atoms with Crippen LogP contribution >= 0.6 is 0 Å². The van der Waals surface area contributed by atoms with Gasteiger partial charge in [0.1, 0.15) is 12.4 Å². The summed E-state index contributed by atoms with van der Waals surface area (Å²) in [5, 5.41) is 6.54. The molecule has 0 saturated carbocycles. The topological polar surface area (TPSA) is 61.4 Å². The lowest BCUT2D eigenvalue weighted by Gasteiger charge is -2.11. The summed E-state index contributed by atoms with van der Waals surface area (Å²) < 4.78 is 5.31. The first-order chi connectivity index (χ1) is 6.93. The van der Waals surface area contributed by atoms with Gasteiger partial charge in [0.05, 0.1) is 12.6 Å². The van der Waals surface area contributed by atoms with Crippen molar-refractivity contribution in [1.82, 2.24) is 10.3 Å². The third kappa shape index (κ3) is 1.13. The van der Waals surface area contributed by atoms with Gasteiger partial charge in [-0.3, -0.25) is 0 Å². The van der Waals surface area contributed by atoms with Crippen molar-refractivity contribution in [3.8, 4) is 0 Å². The fourth-order valence-corrected chi connectivity index (χ4v) is 1.84. The van der Waals surface area contributed by atoms with Crippen LogP contribution in [0.4, 0.5) is 5.82 Å². The van der Waals surface area contributed by atoms with Crippen LogP contribution in [0.15, 0.2) is 17.3 Å². The molecule has 1 atom stereocenters. The lowest BCUT2D eigenvalue weighted by atomic mass is 10.2. The first-order valence-corrected chi connectivity index (χ1v) is 4.78. The standard InChI is InChI=1S/C9H12N4O/c1-2-10-8-6(1)7(5-12-8)13-9-11-3-4-14-9/h1-2,7,10,12H,3-5H2,(H,11,13). The Kier molecular flexibility index (Phi) is 1.62. The number of rotatable bonds is 1. The van der Waals surface area contributed by atoms with Crippen molar-refractivity contribution in [2.24, 2.45) is 4.99 Å². The van der Waals surface area contributed by atoms with Gasteiger partial charge in [0.25, 0.3) is 6.02 Å². The van der Waals surface area contributed by atoms with E-state index in [1.54, 1.807) is 0 Å². The normalized spacial score (nSPS) is 23.7. The number of fused-ring (bicyclic) bond motifs is 1. The fourth-order valence-electron chi connectivity index (χ4n) is 1.84. The average molecular weight is 192 g/mol. The predicted molar refractivity (Wildman–Crippen MR) is 53.4 cm³/mol. The first-order valence-electron chi connectivity index (χ1n) is 4.78. The Bertz CT molecular complexity index is 371. The third-order valence-corrected chi connectivity index (χ3v) is 2.52. The Balaban J connectivity index is 1.75. The van der Waals surface area contributed by atoms with E-state index in [-0.39, 0.29) is 6.04 Å². The molecule has 1 aromatic heterocycles. The molecule has 0 fully saturated rings. The van der Waals surface area contributed by atoms with Crippen LogP contribution in [0.25, 0.3) is 0 Å². The van der Waals surface area contributed by atoms with E-state index in [1.165, 1.54) is 5.56 Å². The molecule has 5 heteroatoms. The molecule has 5 nitrogen and oxygen atoms in total. The summed E-state index contributed by atoms with van der Waals surface area (Å²) in [6, 6.07) is 3.02. The largest absolute Gasteiger partial charge is 0.463 e. The molecule has 74 valence electrons. The lowest BCUT2D eigenvalue weighted by Crippen LogP contribution is -2.29. The van der Waals surface area contributed by atoms with E-state index in [9.17, 15) is 0 Å². The minimum atomic E-state index is 0.271. The molecule has 2 aliphatic heterocycles. The first kappa shape index (κ1) is 7.73. The summed E-state index contributed by atoms with van der Waals surface area (Å²) in [4.78, 5) is 7.34. The summed E-state index contributed by atoms with van der Waals surface area (Å²) in [6.45, 7) is 2.34. The minimum Gasteiger partial charge on any atom is -0.463 e. The molecule has 0 spiro atoms. The maximum atomic E-state index is 5.31. The Morgan fingerprint density at radius 1 is 1.57 bits per heavy atom. The van der Waals surface area contributed by atoms with Gasteiger partial charge >= 0.3 is 0 Å². The fraction of sp³-hybridized carbons (Fsp3) is 0.444. The van der Waals surface area contributed by atoms with Gasteiger partial charge < -0.3 is 20.4 Å². The maximum Gasteiger partial charge on any atom is 0.285 e. The van der Waals surface area contributed by atoms with E-state index >= 15 is 0 Å². The highest BCUT2D eigenvalue weighted by atomic mass is 16.5. The van der Waals surface area contributed by atoms with Crippen molar-refractivity contribution >= 4 is 11.8 Å². The van der Waals surface area contributed by atoms with Gasteiger partial charge in [-0.25, -0.2) is 4.99 Å². The molecule has 0 aliphatic carbocycles. The van der Waals surface area contributed by atoms with Crippen LogP contribution in [0.5, 0.6) is 0 Å². The van der Waals surface area contributed by atoms with Crippen molar-refractivity contribution in [1.29, 1.82) is 0 Å². The van der Waals surface area contributed by atoms with Crippen LogP contribution in [-0.2, 0) is 4.74 Å². The number of nitrogens with zero attached hydrogens (tertiary/aromatic N) is 1. The second-order valence-electron chi connectivity index (χ2n) is 3.42. The number of ether oxygens (including phenoxy) is 1. The number of aromatic nitrogens is 1. The van der Waals surface area contributed by atoms with Gasteiger partial charge in [-0.2, -0.15) is 0 Å². The van der Waals surface area contributed by atoms with E-state index in [1.807, 2.05) is 6.20 Å². The predicted octanol–water partition coefficient (Wildman–Crippen LogP) is 0.457. The van der Waals surface area contributed by atoms with E-state index < -0.39 is 0 Å². The molecule has 0 amide bonds. The molecule has 3 N–H and O–H groups in total. The molecule has 2 aliphatic rings. The maximum absolute atomic E-state index is 5.31. The average Bonchev–Trinajstić information content (AvgIpc) is 2.85. The molecule has 0 aromatic carbocycles. The number of anilines is 1. The second kappa shape index (κ2) is 2.94. The summed E-state index contributed by atoms with van der Waals surface area (Å²) in [5.74, 6) is 1.10. The smallest absolute Gasteiger partial charge is 0.285 e. The van der Waals surface area contributed by atoms with Crippen LogP contribution in [0.1, 0.15) is 11.6 Å². The SMILES string of the molecule is c1cc2c([nH]1)NCC2NC1=NCCO1. The van der Waals surface area contributed by atoms with Crippen LogP contribution in [0.2, 0.25) is 0 Å². The molecule has 0 saturated heterocycles. The van der Waals surface area contributed by atoms with E-state index in [2.05, 4.69) is 26.7 Å². The van der Waals surface area contributed by atoms with E-state index in [4.69, 9.17) is 4.74 Å². The zero-order valence-electron chi connectivity index (χ0n) is 7.71. The summed E-state index contributed by atoms with van der Waals surface area (Å²) in [7, 11) is 0. The highest BCUT2D eigenvalue weighted by Crippen LogP contribution is 2.27. The van der Waals surface area contributed by atoms with Crippen molar-refractivity contribution in [2.45, 2.75) is 6.04 Å². The monoisotopic (exact) mass is 192 g/mol. The molecular formula is C9H12N4O. The lowest BCUT2D eigenvalue weighted by molar-refractivity contribution is 0.327. The van der Waals surface area contributed by atoms with Gasteiger partial charge in [0.15, 0.2) is 0 Å². The Morgan fingerprint density at radius 2 is 2.57 bits per heavy atom. The van der Waals surface area contributed by atoms with Crippen molar-refractivity contribution in [2.75, 3.05) is 25.0 Å².